The minimum Gasteiger partial charge on any atom is -0.463 e. The van der Waals surface area contributed by atoms with Gasteiger partial charge in [0.1, 0.15) is 19.3 Å². The van der Waals surface area contributed by atoms with Crippen molar-refractivity contribution in [2.24, 2.45) is 5.92 Å². The van der Waals surface area contributed by atoms with Gasteiger partial charge in [-0.1, -0.05) is 152 Å². The molecule has 0 spiro atoms. The summed E-state index contributed by atoms with van der Waals surface area (Å²) in [6.45, 7) is 6.36. The molecule has 0 aliphatic rings. The van der Waals surface area contributed by atoms with Gasteiger partial charge >= 0.3 is 11.9 Å². The van der Waals surface area contributed by atoms with Crippen LogP contribution >= 0.6 is 0 Å². The summed E-state index contributed by atoms with van der Waals surface area (Å²) in [5, 5.41) is 20.1. The van der Waals surface area contributed by atoms with E-state index in [2.05, 4.69) is 57.2 Å². The van der Waals surface area contributed by atoms with Gasteiger partial charge in [0.25, 0.3) is 0 Å². The lowest BCUT2D eigenvalue weighted by atomic mass is 9.99. The van der Waals surface area contributed by atoms with E-state index >= 15 is 0 Å². The van der Waals surface area contributed by atoms with Gasteiger partial charge < -0.3 is 19.7 Å². The van der Waals surface area contributed by atoms with Crippen molar-refractivity contribution in [2.75, 3.05) is 13.2 Å². The number of rotatable bonds is 31. The van der Waals surface area contributed by atoms with Crippen molar-refractivity contribution in [1.82, 2.24) is 0 Å². The molecular formula is C40H68O6. The topological polar surface area (TPSA) is 93.1 Å². The highest BCUT2D eigenvalue weighted by Crippen LogP contribution is 2.15. The number of carbonyl (C=O) groups excluding carboxylic acids is 2. The predicted molar refractivity (Wildman–Crippen MR) is 192 cm³/mol. The summed E-state index contributed by atoms with van der Waals surface area (Å²) in [6, 6.07) is 0. The number of unbranched alkanes of at least 4 members (excludes halogenated alkanes) is 9. The molecule has 264 valence electrons. The van der Waals surface area contributed by atoms with Crippen LogP contribution in [0.4, 0.5) is 0 Å². The maximum atomic E-state index is 11.9. The van der Waals surface area contributed by atoms with Crippen LogP contribution in [0.15, 0.2) is 60.8 Å². The number of hydrogen-bond donors (Lipinski definition) is 2. The molecule has 0 heterocycles. The highest BCUT2D eigenvalue weighted by Gasteiger charge is 2.12. The molecule has 0 aromatic heterocycles. The predicted octanol–water partition coefficient (Wildman–Crippen LogP) is 10.1. The van der Waals surface area contributed by atoms with E-state index in [0.29, 0.717) is 19.3 Å². The first-order valence-corrected chi connectivity index (χ1v) is 18.3. The van der Waals surface area contributed by atoms with Gasteiger partial charge in [0, 0.05) is 12.8 Å². The Hall–Kier alpha value is -2.44. The number of esters is 2. The molecule has 3 atom stereocenters. The molecule has 6 heteroatoms. The highest BCUT2D eigenvalue weighted by atomic mass is 16.6. The molecule has 2 N–H and O–H groups in total. The normalized spacial score (nSPS) is 14.3. The molecule has 0 saturated heterocycles. The van der Waals surface area contributed by atoms with E-state index in [1.807, 2.05) is 18.2 Å². The van der Waals surface area contributed by atoms with Crippen molar-refractivity contribution in [3.8, 4) is 0 Å². The fourth-order valence-corrected chi connectivity index (χ4v) is 4.74. The molecule has 0 bridgehead atoms. The van der Waals surface area contributed by atoms with Gasteiger partial charge in [-0.25, -0.2) is 0 Å². The zero-order valence-electron chi connectivity index (χ0n) is 29.6. The number of aliphatic hydroxyl groups is 2. The summed E-state index contributed by atoms with van der Waals surface area (Å²) in [4.78, 5) is 23.9. The van der Waals surface area contributed by atoms with Gasteiger partial charge in [-0.05, 0) is 50.9 Å². The lowest BCUT2D eigenvalue weighted by molar-refractivity contribution is -0.152. The summed E-state index contributed by atoms with van der Waals surface area (Å²) >= 11 is 0. The van der Waals surface area contributed by atoms with Crippen molar-refractivity contribution in [1.29, 1.82) is 0 Å². The van der Waals surface area contributed by atoms with Gasteiger partial charge in [0.2, 0.25) is 0 Å². The van der Waals surface area contributed by atoms with Crippen LogP contribution in [0.3, 0.4) is 0 Å². The van der Waals surface area contributed by atoms with E-state index < -0.39 is 18.2 Å². The zero-order valence-corrected chi connectivity index (χ0v) is 29.6. The van der Waals surface area contributed by atoms with Crippen molar-refractivity contribution in [2.45, 2.75) is 161 Å². The van der Waals surface area contributed by atoms with Crippen LogP contribution in [-0.2, 0) is 19.1 Å². The average Bonchev–Trinajstić information content (AvgIpc) is 3.05. The van der Waals surface area contributed by atoms with E-state index in [0.717, 1.165) is 50.9 Å². The fourth-order valence-electron chi connectivity index (χ4n) is 4.74. The van der Waals surface area contributed by atoms with Crippen molar-refractivity contribution in [3.05, 3.63) is 60.8 Å². The van der Waals surface area contributed by atoms with E-state index in [1.54, 1.807) is 6.08 Å². The van der Waals surface area contributed by atoms with Crippen LogP contribution in [0, 0.1) is 5.92 Å². The molecule has 0 radical (unpaired) electrons. The Morgan fingerprint density at radius 2 is 1.07 bits per heavy atom. The van der Waals surface area contributed by atoms with E-state index in [-0.39, 0.29) is 25.6 Å². The number of hydrogen-bond acceptors (Lipinski definition) is 6. The molecule has 0 saturated carbocycles. The van der Waals surface area contributed by atoms with Crippen LogP contribution in [0.1, 0.15) is 149 Å². The summed E-state index contributed by atoms with van der Waals surface area (Å²) in [5.74, 6) is 0.101. The van der Waals surface area contributed by atoms with E-state index in [4.69, 9.17) is 9.47 Å². The van der Waals surface area contributed by atoms with Gasteiger partial charge in [0.05, 0.1) is 6.10 Å². The second-order valence-corrected chi connectivity index (χ2v) is 12.4. The summed E-state index contributed by atoms with van der Waals surface area (Å²) in [5.41, 5.74) is 0. The number of allylic oxidation sites excluding steroid dienone is 9. The molecule has 0 amide bonds. The second kappa shape index (κ2) is 33.9. The Kier molecular flexibility index (Phi) is 32.1. The average molecular weight is 645 g/mol. The molecule has 0 aliphatic carbocycles. The Morgan fingerprint density at radius 3 is 1.61 bits per heavy atom. The first-order valence-electron chi connectivity index (χ1n) is 18.3. The standard InChI is InChI=1S/C40H68O6/c1-4-6-7-8-9-10-11-12-13-17-20-23-26-30-37(41)31-28-33-40(44)46-35-38(42)34-45-39(43)32-27-24-21-18-15-14-16-19-22-25-29-36(3)5-2/h6-7,9-10,12-13,20,23,26,30,36-38,41-42H,4-5,8,11,14-19,21-22,24-25,27-29,31-35H2,1-3H3/b7-6-,10-9-,13-12-,23-20-,30-26+/t36?,37?,38-/m1/s1. The lowest BCUT2D eigenvalue weighted by Crippen LogP contribution is -2.25. The van der Waals surface area contributed by atoms with Crippen LogP contribution in [0.25, 0.3) is 0 Å². The zero-order chi connectivity index (χ0) is 33.9. The van der Waals surface area contributed by atoms with Crippen molar-refractivity contribution in [3.63, 3.8) is 0 Å². The molecule has 0 aromatic carbocycles. The summed E-state index contributed by atoms with van der Waals surface area (Å²) in [6.07, 6.45) is 38.7. The highest BCUT2D eigenvalue weighted by molar-refractivity contribution is 5.69. The van der Waals surface area contributed by atoms with Crippen LogP contribution in [0.2, 0.25) is 0 Å². The minimum atomic E-state index is -1.04. The lowest BCUT2D eigenvalue weighted by Gasteiger charge is -2.12. The molecule has 46 heavy (non-hydrogen) atoms. The SMILES string of the molecule is CC/C=C\C/C=C\C/C=C\C/C=C\C=C\C(O)CCCC(=O)OC[C@H](O)COC(=O)CCCCCCCCCCCCC(C)CC. The smallest absolute Gasteiger partial charge is 0.305 e. The van der Waals surface area contributed by atoms with Crippen molar-refractivity contribution >= 4 is 11.9 Å². The monoisotopic (exact) mass is 645 g/mol. The Morgan fingerprint density at radius 1 is 0.587 bits per heavy atom. The van der Waals surface area contributed by atoms with Gasteiger partial charge in [0.15, 0.2) is 0 Å². The minimum absolute atomic E-state index is 0.153. The second-order valence-electron chi connectivity index (χ2n) is 12.4. The molecule has 0 rings (SSSR count). The molecule has 0 fully saturated rings. The van der Waals surface area contributed by atoms with Gasteiger partial charge in [-0.3, -0.25) is 9.59 Å². The van der Waals surface area contributed by atoms with Crippen molar-refractivity contribution < 1.29 is 29.3 Å². The summed E-state index contributed by atoms with van der Waals surface area (Å²) in [7, 11) is 0. The van der Waals surface area contributed by atoms with Crippen LogP contribution in [-0.4, -0.2) is 47.6 Å². The van der Waals surface area contributed by atoms with Gasteiger partial charge in [-0.2, -0.15) is 0 Å². The number of carbonyl (C=O) groups is 2. The molecular weight excluding hydrogens is 576 g/mol. The molecule has 0 aromatic rings. The molecule has 6 nitrogen and oxygen atoms in total. The third kappa shape index (κ3) is 32.9. The molecule has 2 unspecified atom stereocenters. The first-order chi connectivity index (χ1) is 22.4. The largest absolute Gasteiger partial charge is 0.463 e. The third-order valence-electron chi connectivity index (χ3n) is 7.91. The maximum Gasteiger partial charge on any atom is 0.305 e. The van der Waals surface area contributed by atoms with Crippen LogP contribution < -0.4 is 0 Å². The van der Waals surface area contributed by atoms with E-state index in [9.17, 15) is 19.8 Å². The number of ether oxygens (including phenoxy) is 2. The Balaban J connectivity index is 3.68. The quantitative estimate of drug-likeness (QED) is 0.0338. The number of aliphatic hydroxyl groups excluding tert-OH is 2. The first kappa shape index (κ1) is 43.6. The summed E-state index contributed by atoms with van der Waals surface area (Å²) < 4.78 is 10.2. The third-order valence-corrected chi connectivity index (χ3v) is 7.91. The fraction of sp³-hybridized carbons (Fsp3) is 0.700. The molecule has 0 aliphatic heterocycles. The van der Waals surface area contributed by atoms with E-state index in [1.165, 1.54) is 57.8 Å². The Bertz CT molecular complexity index is 856. The maximum absolute atomic E-state index is 11.9. The Labute approximate surface area is 282 Å². The van der Waals surface area contributed by atoms with Crippen LogP contribution in [0.5, 0.6) is 0 Å². The van der Waals surface area contributed by atoms with Gasteiger partial charge in [-0.15, -0.1) is 0 Å².